The Morgan fingerprint density at radius 3 is 0.741 bits per heavy atom. The Morgan fingerprint density at radius 1 is 0.296 bits per heavy atom. The maximum atomic E-state index is 12.7. The van der Waals surface area contributed by atoms with Crippen LogP contribution in [0.5, 0.6) is 0 Å². The minimum atomic E-state index is -0.757. The summed E-state index contributed by atoms with van der Waals surface area (Å²) in [5.41, 5.74) is 0. The van der Waals surface area contributed by atoms with Crippen molar-refractivity contribution in [3.63, 3.8) is 0 Å². The summed E-state index contributed by atoms with van der Waals surface area (Å²) >= 11 is 0. The number of esters is 3. The van der Waals surface area contributed by atoms with E-state index in [4.69, 9.17) is 14.2 Å². The van der Waals surface area contributed by atoms with Crippen LogP contribution >= 0.6 is 0 Å². The van der Waals surface area contributed by atoms with Gasteiger partial charge in [-0.3, -0.25) is 14.4 Å². The van der Waals surface area contributed by atoms with E-state index in [-0.39, 0.29) is 31.1 Å². The first-order valence-corrected chi connectivity index (χ1v) is 24.0. The van der Waals surface area contributed by atoms with Crippen LogP contribution in [0.25, 0.3) is 0 Å². The highest BCUT2D eigenvalue weighted by Gasteiger charge is 2.19. The predicted molar refractivity (Wildman–Crippen MR) is 229 cm³/mol. The monoisotopic (exact) mass is 765 g/mol. The molecule has 0 heterocycles. The Hall–Kier alpha value is -1.59. The van der Waals surface area contributed by atoms with Crippen molar-refractivity contribution in [3.8, 4) is 0 Å². The van der Waals surface area contributed by atoms with Gasteiger partial charge in [-0.15, -0.1) is 0 Å². The summed E-state index contributed by atoms with van der Waals surface area (Å²) in [4.78, 5) is 37.5. The summed E-state index contributed by atoms with van der Waals surface area (Å²) in [7, 11) is 0. The van der Waals surface area contributed by atoms with Gasteiger partial charge >= 0.3 is 17.9 Å². The van der Waals surface area contributed by atoms with Crippen LogP contribution in [0.3, 0.4) is 0 Å². The summed E-state index contributed by atoms with van der Waals surface area (Å²) in [6.45, 7) is 6.59. The molecule has 0 aliphatic carbocycles. The summed E-state index contributed by atoms with van der Waals surface area (Å²) in [6, 6.07) is 0. The second-order valence-corrected chi connectivity index (χ2v) is 16.4. The third kappa shape index (κ3) is 41.6. The first-order chi connectivity index (χ1) is 26.5. The zero-order valence-corrected chi connectivity index (χ0v) is 36.5. The molecule has 0 aromatic carbocycles. The summed E-state index contributed by atoms with van der Waals surface area (Å²) < 4.78 is 16.6. The molecule has 0 aromatic heterocycles. The van der Waals surface area contributed by atoms with Gasteiger partial charge in [-0.2, -0.15) is 0 Å². The highest BCUT2D eigenvalue weighted by Crippen LogP contribution is 2.16. The summed E-state index contributed by atoms with van der Waals surface area (Å²) in [6.07, 6.45) is 45.4. The van der Waals surface area contributed by atoms with E-state index >= 15 is 0 Å². The van der Waals surface area contributed by atoms with E-state index in [9.17, 15) is 14.4 Å². The maximum absolute atomic E-state index is 12.7. The molecule has 0 amide bonds. The van der Waals surface area contributed by atoms with E-state index in [0.717, 1.165) is 64.2 Å². The van der Waals surface area contributed by atoms with E-state index in [0.29, 0.717) is 19.3 Å². The molecule has 1 unspecified atom stereocenters. The third-order valence-corrected chi connectivity index (χ3v) is 10.9. The van der Waals surface area contributed by atoms with Crippen LogP contribution < -0.4 is 0 Å². The van der Waals surface area contributed by atoms with Crippen LogP contribution in [0.1, 0.15) is 271 Å². The highest BCUT2D eigenvalue weighted by atomic mass is 16.6. The fourth-order valence-corrected chi connectivity index (χ4v) is 7.21. The molecule has 0 N–H and O–H groups in total. The lowest BCUT2D eigenvalue weighted by atomic mass is 10.0. The molecule has 6 heteroatoms. The topological polar surface area (TPSA) is 78.9 Å². The number of rotatable bonds is 44. The molecule has 0 saturated carbocycles. The van der Waals surface area contributed by atoms with Gasteiger partial charge in [0, 0.05) is 19.3 Å². The van der Waals surface area contributed by atoms with Gasteiger partial charge in [-0.1, -0.05) is 233 Å². The zero-order chi connectivity index (χ0) is 39.4. The average molecular weight is 765 g/mol. The van der Waals surface area contributed by atoms with Gasteiger partial charge in [0.2, 0.25) is 0 Å². The Bertz CT molecular complexity index is 798. The van der Waals surface area contributed by atoms with Gasteiger partial charge in [-0.25, -0.2) is 0 Å². The highest BCUT2D eigenvalue weighted by molar-refractivity contribution is 5.71. The van der Waals surface area contributed by atoms with Crippen molar-refractivity contribution >= 4 is 17.9 Å². The number of unbranched alkanes of at least 4 members (excludes halogenated alkanes) is 33. The molecule has 0 rings (SSSR count). The van der Waals surface area contributed by atoms with E-state index in [1.807, 2.05) is 0 Å². The average Bonchev–Trinajstić information content (AvgIpc) is 3.17. The maximum Gasteiger partial charge on any atom is 0.306 e. The Labute approximate surface area is 336 Å². The number of hydrogen-bond acceptors (Lipinski definition) is 6. The lowest BCUT2D eigenvalue weighted by Crippen LogP contribution is -2.30. The van der Waals surface area contributed by atoms with Crippen molar-refractivity contribution in [2.24, 2.45) is 0 Å². The van der Waals surface area contributed by atoms with Crippen LogP contribution in [0.4, 0.5) is 0 Å². The van der Waals surface area contributed by atoms with E-state index in [1.165, 1.54) is 167 Å². The first-order valence-electron chi connectivity index (χ1n) is 24.0. The molecular weight excluding hydrogens is 673 g/mol. The van der Waals surface area contributed by atoms with Crippen LogP contribution in [0.2, 0.25) is 0 Å². The van der Waals surface area contributed by atoms with Crippen molar-refractivity contribution < 1.29 is 28.6 Å². The van der Waals surface area contributed by atoms with Crippen LogP contribution in [-0.2, 0) is 28.6 Å². The second-order valence-electron chi connectivity index (χ2n) is 16.4. The van der Waals surface area contributed by atoms with Crippen molar-refractivity contribution in [2.45, 2.75) is 277 Å². The Balaban J connectivity index is 4.14. The standard InChI is InChI=1S/C48H92O6/c1-4-7-10-13-15-17-19-21-23-25-26-28-30-32-35-38-41-47(50)53-44-45(43-52-46(49)40-37-34-12-9-6-3)54-48(51)42-39-36-33-31-29-27-24-22-20-18-16-14-11-8-5-2/h45H,4-44H2,1-3H3. The van der Waals surface area contributed by atoms with Gasteiger partial charge < -0.3 is 14.2 Å². The molecular formula is C48H92O6. The molecule has 0 aliphatic heterocycles. The van der Waals surface area contributed by atoms with Crippen molar-refractivity contribution in [3.05, 3.63) is 0 Å². The van der Waals surface area contributed by atoms with E-state index in [2.05, 4.69) is 20.8 Å². The molecule has 54 heavy (non-hydrogen) atoms. The fraction of sp³-hybridized carbons (Fsp3) is 0.938. The van der Waals surface area contributed by atoms with E-state index in [1.54, 1.807) is 0 Å². The summed E-state index contributed by atoms with van der Waals surface area (Å²) in [5.74, 6) is -0.861. The van der Waals surface area contributed by atoms with Gasteiger partial charge in [0.25, 0.3) is 0 Å². The normalized spacial score (nSPS) is 11.8. The SMILES string of the molecule is CCCCCCCCCCCCCCCCCCC(=O)OCC(COC(=O)CCCCCCC)OC(=O)CCCCCCCCCCCCCCCCC. The molecule has 1 atom stereocenters. The number of ether oxygens (including phenoxy) is 3. The largest absolute Gasteiger partial charge is 0.462 e. The molecule has 0 aliphatic rings. The van der Waals surface area contributed by atoms with Gasteiger partial charge in [0.1, 0.15) is 13.2 Å². The van der Waals surface area contributed by atoms with Crippen molar-refractivity contribution in [1.82, 2.24) is 0 Å². The number of carbonyl (C=O) groups excluding carboxylic acids is 3. The van der Waals surface area contributed by atoms with Gasteiger partial charge in [0.05, 0.1) is 0 Å². The molecule has 0 spiro atoms. The van der Waals surface area contributed by atoms with Crippen LogP contribution in [-0.4, -0.2) is 37.2 Å². The quantitative estimate of drug-likeness (QED) is 0.0349. The molecule has 0 bridgehead atoms. The first kappa shape index (κ1) is 52.4. The lowest BCUT2D eigenvalue weighted by molar-refractivity contribution is -0.167. The Morgan fingerprint density at radius 2 is 0.500 bits per heavy atom. The molecule has 0 fully saturated rings. The van der Waals surface area contributed by atoms with Crippen molar-refractivity contribution in [2.75, 3.05) is 13.2 Å². The summed E-state index contributed by atoms with van der Waals surface area (Å²) in [5, 5.41) is 0. The number of carbonyl (C=O) groups is 3. The second kappa shape index (κ2) is 44.1. The van der Waals surface area contributed by atoms with Crippen LogP contribution in [0, 0.1) is 0 Å². The molecule has 320 valence electrons. The molecule has 0 aromatic rings. The van der Waals surface area contributed by atoms with Gasteiger partial charge in [-0.05, 0) is 19.3 Å². The Kier molecular flexibility index (Phi) is 42.8. The lowest BCUT2D eigenvalue weighted by Gasteiger charge is -2.18. The minimum absolute atomic E-state index is 0.0634. The molecule has 6 nitrogen and oxygen atoms in total. The van der Waals surface area contributed by atoms with Crippen LogP contribution in [0.15, 0.2) is 0 Å². The number of hydrogen-bond donors (Lipinski definition) is 0. The zero-order valence-electron chi connectivity index (χ0n) is 36.5. The smallest absolute Gasteiger partial charge is 0.306 e. The molecule has 0 radical (unpaired) electrons. The fourth-order valence-electron chi connectivity index (χ4n) is 7.21. The van der Waals surface area contributed by atoms with Gasteiger partial charge in [0.15, 0.2) is 6.10 Å². The minimum Gasteiger partial charge on any atom is -0.462 e. The third-order valence-electron chi connectivity index (χ3n) is 10.9. The van der Waals surface area contributed by atoms with Crippen molar-refractivity contribution in [1.29, 1.82) is 0 Å². The molecule has 0 saturated heterocycles. The van der Waals surface area contributed by atoms with E-state index < -0.39 is 6.10 Å². The predicted octanol–water partition coefficient (Wildman–Crippen LogP) is 15.3.